The summed E-state index contributed by atoms with van der Waals surface area (Å²) in [5.41, 5.74) is 1.23. The Morgan fingerprint density at radius 2 is 2.50 bits per heavy atom. The minimum atomic E-state index is 0.888. The standard InChI is InChI=1S/C9H17N/c1-3-9-6-4-5-8(2)10-7-9/h9-10H,2-7H2,1H3. The number of hydrogen-bond donors (Lipinski definition) is 1. The van der Waals surface area contributed by atoms with Crippen molar-refractivity contribution < 1.29 is 0 Å². The minimum absolute atomic E-state index is 0.888. The molecule has 0 aromatic rings. The van der Waals surface area contributed by atoms with E-state index in [4.69, 9.17) is 0 Å². The van der Waals surface area contributed by atoms with Crippen LogP contribution in [0.2, 0.25) is 0 Å². The third kappa shape index (κ3) is 2.05. The fourth-order valence-electron chi connectivity index (χ4n) is 1.43. The molecule has 1 N–H and O–H groups in total. The van der Waals surface area contributed by atoms with Gasteiger partial charge in [-0.25, -0.2) is 0 Å². The first-order valence-electron chi connectivity index (χ1n) is 4.24. The molecule has 1 aliphatic heterocycles. The molecule has 58 valence electrons. The van der Waals surface area contributed by atoms with Gasteiger partial charge in [0.2, 0.25) is 0 Å². The van der Waals surface area contributed by atoms with E-state index < -0.39 is 0 Å². The van der Waals surface area contributed by atoms with Gasteiger partial charge in [-0.15, -0.1) is 0 Å². The lowest BCUT2D eigenvalue weighted by Crippen LogP contribution is -2.17. The zero-order chi connectivity index (χ0) is 7.40. The van der Waals surface area contributed by atoms with Crippen LogP contribution in [0.5, 0.6) is 0 Å². The summed E-state index contributed by atoms with van der Waals surface area (Å²) in [5.74, 6) is 0.888. The minimum Gasteiger partial charge on any atom is -0.389 e. The molecule has 1 nitrogen and oxygen atoms in total. The molecule has 10 heavy (non-hydrogen) atoms. The maximum absolute atomic E-state index is 3.93. The summed E-state index contributed by atoms with van der Waals surface area (Å²) in [6.45, 7) is 7.34. The van der Waals surface area contributed by atoms with E-state index in [1.165, 1.54) is 31.4 Å². The largest absolute Gasteiger partial charge is 0.389 e. The van der Waals surface area contributed by atoms with Crippen LogP contribution in [0.3, 0.4) is 0 Å². The highest BCUT2D eigenvalue weighted by Crippen LogP contribution is 2.17. The highest BCUT2D eigenvalue weighted by atomic mass is 14.9. The van der Waals surface area contributed by atoms with E-state index in [1.54, 1.807) is 0 Å². The quantitative estimate of drug-likeness (QED) is 0.587. The van der Waals surface area contributed by atoms with E-state index in [0.29, 0.717) is 0 Å². The third-order valence-corrected chi connectivity index (χ3v) is 2.31. The zero-order valence-electron chi connectivity index (χ0n) is 6.82. The summed E-state index contributed by atoms with van der Waals surface area (Å²) in [6.07, 6.45) is 5.18. The Bertz CT molecular complexity index is 118. The maximum atomic E-state index is 3.93. The Kier molecular flexibility index (Phi) is 2.79. The molecule has 0 radical (unpaired) electrons. The molecule has 1 heteroatoms. The molecule has 0 spiro atoms. The van der Waals surface area contributed by atoms with Crippen molar-refractivity contribution in [2.75, 3.05) is 6.54 Å². The summed E-state index contributed by atoms with van der Waals surface area (Å²) in [4.78, 5) is 0. The van der Waals surface area contributed by atoms with E-state index in [0.717, 1.165) is 12.5 Å². The topological polar surface area (TPSA) is 12.0 Å². The van der Waals surface area contributed by atoms with Crippen molar-refractivity contribution in [2.24, 2.45) is 5.92 Å². The van der Waals surface area contributed by atoms with Gasteiger partial charge < -0.3 is 5.32 Å². The van der Waals surface area contributed by atoms with Gasteiger partial charge in [-0.05, 0) is 25.2 Å². The molecule has 0 bridgehead atoms. The molecule has 0 aromatic heterocycles. The van der Waals surface area contributed by atoms with Gasteiger partial charge in [0.1, 0.15) is 0 Å². The number of allylic oxidation sites excluding steroid dienone is 1. The molecule has 1 rings (SSSR count). The zero-order valence-corrected chi connectivity index (χ0v) is 6.82. The van der Waals surface area contributed by atoms with Crippen LogP contribution in [-0.4, -0.2) is 6.54 Å². The van der Waals surface area contributed by atoms with Crippen molar-refractivity contribution in [2.45, 2.75) is 32.6 Å². The van der Waals surface area contributed by atoms with Crippen molar-refractivity contribution in [3.05, 3.63) is 12.3 Å². The van der Waals surface area contributed by atoms with E-state index in [-0.39, 0.29) is 0 Å². The highest BCUT2D eigenvalue weighted by Gasteiger charge is 2.09. The molecule has 1 fully saturated rings. The smallest absolute Gasteiger partial charge is 0.0172 e. The van der Waals surface area contributed by atoms with Gasteiger partial charge >= 0.3 is 0 Å². The number of hydrogen-bond acceptors (Lipinski definition) is 1. The Labute approximate surface area is 63.5 Å². The second kappa shape index (κ2) is 3.65. The van der Waals surface area contributed by atoms with Gasteiger partial charge in [0.25, 0.3) is 0 Å². The van der Waals surface area contributed by atoms with Crippen molar-refractivity contribution in [3.63, 3.8) is 0 Å². The fraction of sp³-hybridized carbons (Fsp3) is 0.778. The molecule has 1 atom stereocenters. The summed E-state index contributed by atoms with van der Waals surface area (Å²) < 4.78 is 0. The Morgan fingerprint density at radius 3 is 3.20 bits per heavy atom. The molecule has 1 heterocycles. The summed E-state index contributed by atoms with van der Waals surface area (Å²) in [5, 5.41) is 3.35. The molecule has 1 unspecified atom stereocenters. The molecular weight excluding hydrogens is 122 g/mol. The molecule has 0 saturated carbocycles. The lowest BCUT2D eigenvalue weighted by atomic mass is 10.0. The average molecular weight is 139 g/mol. The molecular formula is C9H17N. The lowest BCUT2D eigenvalue weighted by molar-refractivity contribution is 0.468. The first-order chi connectivity index (χ1) is 4.83. The van der Waals surface area contributed by atoms with Crippen molar-refractivity contribution >= 4 is 0 Å². The van der Waals surface area contributed by atoms with Gasteiger partial charge in [0.05, 0.1) is 0 Å². The summed E-state index contributed by atoms with van der Waals surface area (Å²) in [7, 11) is 0. The Morgan fingerprint density at radius 1 is 1.70 bits per heavy atom. The van der Waals surface area contributed by atoms with Crippen LogP contribution in [-0.2, 0) is 0 Å². The lowest BCUT2D eigenvalue weighted by Gasteiger charge is -2.10. The van der Waals surface area contributed by atoms with Crippen LogP contribution in [0.4, 0.5) is 0 Å². The molecule has 1 saturated heterocycles. The van der Waals surface area contributed by atoms with Crippen LogP contribution in [0.1, 0.15) is 32.6 Å². The normalized spacial score (nSPS) is 27.3. The molecule has 0 aromatic carbocycles. The summed E-state index contributed by atoms with van der Waals surface area (Å²) >= 11 is 0. The first kappa shape index (κ1) is 7.64. The fourth-order valence-corrected chi connectivity index (χ4v) is 1.43. The van der Waals surface area contributed by atoms with Gasteiger partial charge in [-0.1, -0.05) is 19.9 Å². The molecule has 1 aliphatic rings. The predicted molar refractivity (Wildman–Crippen MR) is 44.8 cm³/mol. The summed E-state index contributed by atoms with van der Waals surface area (Å²) in [6, 6.07) is 0. The average Bonchev–Trinajstić information content (AvgIpc) is 2.14. The predicted octanol–water partition coefficient (Wildman–Crippen LogP) is 2.30. The Hall–Kier alpha value is -0.460. The number of rotatable bonds is 1. The number of nitrogens with one attached hydrogen (secondary N) is 1. The van der Waals surface area contributed by atoms with E-state index in [9.17, 15) is 0 Å². The first-order valence-corrected chi connectivity index (χ1v) is 4.24. The third-order valence-electron chi connectivity index (χ3n) is 2.31. The maximum Gasteiger partial charge on any atom is 0.0172 e. The molecule has 0 amide bonds. The van der Waals surface area contributed by atoms with Crippen LogP contribution < -0.4 is 5.32 Å². The van der Waals surface area contributed by atoms with E-state index in [1.807, 2.05) is 0 Å². The van der Waals surface area contributed by atoms with Crippen molar-refractivity contribution in [3.8, 4) is 0 Å². The van der Waals surface area contributed by atoms with Gasteiger partial charge in [0.15, 0.2) is 0 Å². The van der Waals surface area contributed by atoms with E-state index in [2.05, 4.69) is 18.8 Å². The van der Waals surface area contributed by atoms with Crippen LogP contribution in [0.25, 0.3) is 0 Å². The Balaban J connectivity index is 2.33. The van der Waals surface area contributed by atoms with Crippen molar-refractivity contribution in [1.82, 2.24) is 5.32 Å². The van der Waals surface area contributed by atoms with Crippen LogP contribution in [0, 0.1) is 5.92 Å². The van der Waals surface area contributed by atoms with Gasteiger partial charge in [-0.2, -0.15) is 0 Å². The SMILES string of the molecule is C=C1CCCC(CC)CN1. The van der Waals surface area contributed by atoms with Gasteiger partial charge in [-0.3, -0.25) is 0 Å². The van der Waals surface area contributed by atoms with Crippen LogP contribution in [0.15, 0.2) is 12.3 Å². The highest BCUT2D eigenvalue weighted by molar-refractivity contribution is 4.93. The second-order valence-corrected chi connectivity index (χ2v) is 3.15. The molecule has 0 aliphatic carbocycles. The van der Waals surface area contributed by atoms with Crippen LogP contribution >= 0.6 is 0 Å². The van der Waals surface area contributed by atoms with Gasteiger partial charge in [0, 0.05) is 12.2 Å². The van der Waals surface area contributed by atoms with E-state index >= 15 is 0 Å². The monoisotopic (exact) mass is 139 g/mol. The van der Waals surface area contributed by atoms with Crippen molar-refractivity contribution in [1.29, 1.82) is 0 Å². The second-order valence-electron chi connectivity index (χ2n) is 3.15.